The Morgan fingerprint density at radius 2 is 1.87 bits per heavy atom. The Kier molecular flexibility index (Phi) is 8.04. The summed E-state index contributed by atoms with van der Waals surface area (Å²) in [6, 6.07) is 9.68. The highest BCUT2D eigenvalue weighted by atomic mass is 17.3. The highest BCUT2D eigenvalue weighted by Crippen LogP contribution is 2.60. The lowest BCUT2D eigenvalue weighted by Crippen LogP contribution is -2.75. The van der Waals surface area contributed by atoms with Crippen molar-refractivity contribution in [2.45, 2.75) is 90.4 Å². The van der Waals surface area contributed by atoms with Gasteiger partial charge in [0.1, 0.15) is 0 Å². The van der Waals surface area contributed by atoms with Gasteiger partial charge in [0, 0.05) is 44.3 Å². The standard InChI is InChI=1S/C30H43N3O6/c1-5-16-32(19-25(34)31-18-22-9-7-6-8-10-22)26(35)14-17-33-27(36)21(3)24-12-11-20(2)23-13-15-29(4)37-28(33)30(23,24)39-38-29/h6-10,20-21,23-24,28H,5,11-19H2,1-4H3,(H,31,34)/t20-,21-,23+,24+,28-,29-,30-/m1/s1. The summed E-state index contributed by atoms with van der Waals surface area (Å²) < 4.78 is 6.56. The molecule has 0 unspecified atom stereocenters. The second-order valence-electron chi connectivity index (χ2n) is 12.1. The first kappa shape index (κ1) is 28.1. The molecule has 9 heteroatoms. The molecule has 7 atom stereocenters. The molecule has 0 radical (unpaired) electrons. The third kappa shape index (κ3) is 5.21. The predicted octanol–water partition coefficient (Wildman–Crippen LogP) is 3.63. The lowest BCUT2D eigenvalue weighted by molar-refractivity contribution is -0.547. The molecule has 6 rings (SSSR count). The van der Waals surface area contributed by atoms with Gasteiger partial charge in [0.25, 0.3) is 0 Å². The molecule has 1 saturated carbocycles. The van der Waals surface area contributed by atoms with E-state index in [0.717, 1.165) is 31.2 Å². The van der Waals surface area contributed by atoms with E-state index < -0.39 is 17.6 Å². The van der Waals surface area contributed by atoms with Crippen LogP contribution in [-0.2, 0) is 35.4 Å². The van der Waals surface area contributed by atoms with Gasteiger partial charge >= 0.3 is 0 Å². The third-order valence-electron chi connectivity index (χ3n) is 9.44. The molecule has 4 saturated heterocycles. The Hall–Kier alpha value is -2.49. The molecule has 214 valence electrons. The van der Waals surface area contributed by atoms with Crippen molar-refractivity contribution in [1.29, 1.82) is 0 Å². The molecule has 5 fully saturated rings. The van der Waals surface area contributed by atoms with E-state index in [1.54, 1.807) is 9.80 Å². The predicted molar refractivity (Wildman–Crippen MR) is 143 cm³/mol. The molecule has 4 aliphatic heterocycles. The van der Waals surface area contributed by atoms with E-state index in [1.165, 1.54) is 0 Å². The number of nitrogens with zero attached hydrogens (tertiary/aromatic N) is 2. The molecule has 3 amide bonds. The van der Waals surface area contributed by atoms with Crippen molar-refractivity contribution in [2.24, 2.45) is 23.7 Å². The number of carbonyl (C=O) groups excluding carboxylic acids is 3. The molecule has 1 aromatic carbocycles. The van der Waals surface area contributed by atoms with Crippen LogP contribution >= 0.6 is 0 Å². The van der Waals surface area contributed by atoms with Crippen LogP contribution in [0.2, 0.25) is 0 Å². The van der Waals surface area contributed by atoms with Gasteiger partial charge in [-0.2, -0.15) is 0 Å². The number of rotatable bonds is 9. The van der Waals surface area contributed by atoms with Gasteiger partial charge in [-0.25, -0.2) is 9.78 Å². The highest BCUT2D eigenvalue weighted by Gasteiger charge is 2.70. The number of fused-ring (bicyclic) bond motifs is 2. The van der Waals surface area contributed by atoms with E-state index >= 15 is 0 Å². The Morgan fingerprint density at radius 3 is 2.62 bits per heavy atom. The number of amides is 3. The number of nitrogens with one attached hydrogen (secondary N) is 1. The highest BCUT2D eigenvalue weighted by molar-refractivity contribution is 5.85. The van der Waals surface area contributed by atoms with Crippen molar-refractivity contribution in [3.05, 3.63) is 35.9 Å². The van der Waals surface area contributed by atoms with Crippen LogP contribution < -0.4 is 5.32 Å². The Bertz CT molecular complexity index is 1070. The van der Waals surface area contributed by atoms with Gasteiger partial charge < -0.3 is 19.9 Å². The van der Waals surface area contributed by atoms with Crippen LogP contribution in [0.25, 0.3) is 0 Å². The topological polar surface area (TPSA) is 97.4 Å². The van der Waals surface area contributed by atoms with Crippen LogP contribution in [0.4, 0.5) is 0 Å². The van der Waals surface area contributed by atoms with Gasteiger partial charge in [0.2, 0.25) is 23.5 Å². The fourth-order valence-electron chi connectivity index (χ4n) is 7.34. The number of carbonyl (C=O) groups is 3. The second-order valence-corrected chi connectivity index (χ2v) is 12.1. The van der Waals surface area contributed by atoms with E-state index in [2.05, 4.69) is 12.2 Å². The SMILES string of the molecule is CCCN(CC(=O)NCc1ccccc1)C(=O)CCN1C(=O)[C@H](C)[C@@H]2CC[C@@H](C)[C@@H]3CC[C@@]4(C)OO[C@]32[C@H]1O4. The molecule has 9 nitrogen and oxygen atoms in total. The molecule has 1 aromatic rings. The minimum absolute atomic E-state index is 0.000811. The minimum Gasteiger partial charge on any atom is -0.350 e. The maximum atomic E-state index is 13.7. The van der Waals surface area contributed by atoms with Crippen LogP contribution in [0.1, 0.15) is 71.8 Å². The summed E-state index contributed by atoms with van der Waals surface area (Å²) in [4.78, 5) is 55.3. The van der Waals surface area contributed by atoms with Crippen molar-refractivity contribution in [3.63, 3.8) is 0 Å². The van der Waals surface area contributed by atoms with Crippen LogP contribution in [0.15, 0.2) is 30.3 Å². The van der Waals surface area contributed by atoms with E-state index in [1.807, 2.05) is 51.1 Å². The quantitative estimate of drug-likeness (QED) is 0.480. The average molecular weight is 542 g/mol. The van der Waals surface area contributed by atoms with Crippen LogP contribution in [-0.4, -0.2) is 64.8 Å². The summed E-state index contributed by atoms with van der Waals surface area (Å²) in [5.74, 6) is -0.883. The number of benzene rings is 1. The van der Waals surface area contributed by atoms with Gasteiger partial charge in [-0.15, -0.1) is 0 Å². The fraction of sp³-hybridized carbons (Fsp3) is 0.700. The molecule has 4 heterocycles. The molecule has 5 aliphatic rings. The van der Waals surface area contributed by atoms with E-state index in [0.29, 0.717) is 25.4 Å². The minimum atomic E-state index is -0.925. The normalized spacial score (nSPS) is 35.2. The Balaban J connectivity index is 1.28. The fourth-order valence-corrected chi connectivity index (χ4v) is 7.34. The van der Waals surface area contributed by atoms with E-state index in [9.17, 15) is 14.4 Å². The Labute approximate surface area is 231 Å². The van der Waals surface area contributed by atoms with Crippen LogP contribution in [0.3, 0.4) is 0 Å². The zero-order valence-corrected chi connectivity index (χ0v) is 23.7. The summed E-state index contributed by atoms with van der Waals surface area (Å²) in [5, 5.41) is 2.91. The summed E-state index contributed by atoms with van der Waals surface area (Å²) >= 11 is 0. The number of piperidine rings is 1. The van der Waals surface area contributed by atoms with Gasteiger partial charge in [-0.3, -0.25) is 14.4 Å². The lowest BCUT2D eigenvalue weighted by atomic mass is 9.57. The van der Waals surface area contributed by atoms with E-state index in [-0.39, 0.29) is 55.0 Å². The molecule has 2 bridgehead atoms. The van der Waals surface area contributed by atoms with Crippen LogP contribution in [0.5, 0.6) is 0 Å². The van der Waals surface area contributed by atoms with Crippen molar-refractivity contribution in [3.8, 4) is 0 Å². The Morgan fingerprint density at radius 1 is 1.10 bits per heavy atom. The summed E-state index contributed by atoms with van der Waals surface area (Å²) in [6.45, 7) is 9.19. The molecule has 1 aliphatic carbocycles. The number of hydrogen-bond donors (Lipinski definition) is 1. The smallest absolute Gasteiger partial charge is 0.239 e. The van der Waals surface area contributed by atoms with Crippen molar-refractivity contribution >= 4 is 17.7 Å². The summed E-state index contributed by atoms with van der Waals surface area (Å²) in [6.07, 6.45) is 3.81. The first-order valence-corrected chi connectivity index (χ1v) is 14.6. The van der Waals surface area contributed by atoms with E-state index in [4.69, 9.17) is 14.5 Å². The lowest BCUT2D eigenvalue weighted by Gasteiger charge is -2.61. The van der Waals surface area contributed by atoms with Gasteiger partial charge in [-0.1, -0.05) is 51.1 Å². The molecular weight excluding hydrogens is 498 g/mol. The van der Waals surface area contributed by atoms with Gasteiger partial charge in [-0.05, 0) is 50.0 Å². The largest absolute Gasteiger partial charge is 0.350 e. The maximum Gasteiger partial charge on any atom is 0.239 e. The number of ether oxygens (including phenoxy) is 1. The molecular formula is C30H43N3O6. The van der Waals surface area contributed by atoms with Gasteiger partial charge in [0.15, 0.2) is 11.8 Å². The zero-order valence-electron chi connectivity index (χ0n) is 23.7. The van der Waals surface area contributed by atoms with Crippen LogP contribution in [0, 0.1) is 23.7 Å². The summed E-state index contributed by atoms with van der Waals surface area (Å²) in [7, 11) is 0. The average Bonchev–Trinajstić information content (AvgIpc) is 3.17. The molecule has 0 aromatic heterocycles. The third-order valence-corrected chi connectivity index (χ3v) is 9.44. The monoisotopic (exact) mass is 541 g/mol. The zero-order chi connectivity index (χ0) is 27.8. The summed E-state index contributed by atoms with van der Waals surface area (Å²) in [5.41, 5.74) is 0.271. The first-order valence-electron chi connectivity index (χ1n) is 14.6. The van der Waals surface area contributed by atoms with Crippen molar-refractivity contribution < 1.29 is 28.9 Å². The number of hydrogen-bond acceptors (Lipinski definition) is 6. The van der Waals surface area contributed by atoms with Gasteiger partial charge in [0.05, 0.1) is 6.54 Å². The van der Waals surface area contributed by atoms with Crippen molar-refractivity contribution in [2.75, 3.05) is 19.6 Å². The first-order chi connectivity index (χ1) is 18.7. The molecule has 1 spiro atoms. The number of likely N-dealkylation sites (tertiary alicyclic amines) is 1. The second kappa shape index (κ2) is 11.2. The molecule has 39 heavy (non-hydrogen) atoms. The molecule has 1 N–H and O–H groups in total. The maximum absolute atomic E-state index is 13.7. The van der Waals surface area contributed by atoms with Crippen molar-refractivity contribution in [1.82, 2.24) is 15.1 Å².